The molecule has 5 aromatic rings. The SMILES string of the molecule is CCCCc1nc(SCc2ccc(-c3ccccc3C(=O)O)cc2)n(Cc2ccc(-c3ccccc3C(=O)O)cc2)n1. The minimum atomic E-state index is -0.946. The van der Waals surface area contributed by atoms with Crippen molar-refractivity contribution < 1.29 is 19.8 Å². The van der Waals surface area contributed by atoms with Crippen molar-refractivity contribution in [1.82, 2.24) is 14.8 Å². The molecule has 0 saturated carbocycles. The largest absolute Gasteiger partial charge is 0.478 e. The molecule has 2 N–H and O–H groups in total. The minimum absolute atomic E-state index is 0.278. The van der Waals surface area contributed by atoms with Crippen LogP contribution in [0.2, 0.25) is 0 Å². The van der Waals surface area contributed by atoms with Gasteiger partial charge in [-0.2, -0.15) is 5.10 Å². The Balaban J connectivity index is 1.32. The van der Waals surface area contributed by atoms with E-state index in [0.717, 1.165) is 52.5 Å². The first kappa shape index (κ1) is 28.8. The fourth-order valence-electron chi connectivity index (χ4n) is 4.76. The number of unbranched alkanes of at least 4 members (excludes halogenated alkanes) is 1. The van der Waals surface area contributed by atoms with E-state index in [1.165, 1.54) is 0 Å². The first-order chi connectivity index (χ1) is 20.4. The summed E-state index contributed by atoms with van der Waals surface area (Å²) in [6, 6.07) is 29.9. The lowest BCUT2D eigenvalue weighted by Gasteiger charge is -2.09. The molecule has 8 heteroatoms. The van der Waals surface area contributed by atoms with Crippen LogP contribution < -0.4 is 0 Å². The molecule has 0 radical (unpaired) electrons. The normalized spacial score (nSPS) is 11.0. The van der Waals surface area contributed by atoms with E-state index in [9.17, 15) is 19.8 Å². The maximum atomic E-state index is 11.7. The van der Waals surface area contributed by atoms with Crippen LogP contribution in [0.15, 0.2) is 102 Å². The molecule has 4 aromatic carbocycles. The second-order valence-electron chi connectivity index (χ2n) is 9.96. The standard InChI is InChI=1S/C34H31N3O4S/c1-2-3-12-31-35-34(42-22-24-15-19-26(20-16-24)28-9-5-7-11-30(28)33(40)41)37(36-31)21-23-13-17-25(18-14-23)27-8-4-6-10-29(27)32(38)39/h4-11,13-20H,2-3,12,21-22H2,1H3,(H,38,39)(H,40,41). The van der Waals surface area contributed by atoms with Gasteiger partial charge in [-0.15, -0.1) is 0 Å². The van der Waals surface area contributed by atoms with Gasteiger partial charge < -0.3 is 10.2 Å². The Bertz CT molecular complexity index is 1700. The molecule has 0 fully saturated rings. The summed E-state index contributed by atoms with van der Waals surface area (Å²) in [4.78, 5) is 28.1. The van der Waals surface area contributed by atoms with Gasteiger partial charge in [0, 0.05) is 12.2 Å². The third-order valence-corrected chi connectivity index (χ3v) is 8.02. The molecule has 5 rings (SSSR count). The van der Waals surface area contributed by atoms with Gasteiger partial charge in [0.15, 0.2) is 11.0 Å². The number of carboxylic acids is 2. The number of aryl methyl sites for hydroxylation is 1. The average Bonchev–Trinajstić information content (AvgIpc) is 3.40. The van der Waals surface area contributed by atoms with Crippen molar-refractivity contribution >= 4 is 23.7 Å². The third kappa shape index (κ3) is 6.78. The van der Waals surface area contributed by atoms with Crippen LogP contribution in [0.5, 0.6) is 0 Å². The molecule has 0 aliphatic rings. The van der Waals surface area contributed by atoms with Crippen LogP contribution in [0.25, 0.3) is 22.3 Å². The number of hydrogen-bond acceptors (Lipinski definition) is 5. The van der Waals surface area contributed by atoms with E-state index in [1.54, 1.807) is 36.0 Å². The van der Waals surface area contributed by atoms with Gasteiger partial charge in [-0.05, 0) is 51.9 Å². The van der Waals surface area contributed by atoms with Crippen LogP contribution in [-0.4, -0.2) is 36.9 Å². The second kappa shape index (κ2) is 13.3. The molecule has 0 atom stereocenters. The quantitative estimate of drug-likeness (QED) is 0.146. The third-order valence-electron chi connectivity index (χ3n) is 6.98. The molecular formula is C34H31N3O4S. The van der Waals surface area contributed by atoms with E-state index >= 15 is 0 Å². The van der Waals surface area contributed by atoms with Crippen molar-refractivity contribution in [2.45, 2.75) is 43.6 Å². The second-order valence-corrected chi connectivity index (χ2v) is 10.9. The van der Waals surface area contributed by atoms with Gasteiger partial charge in [-0.1, -0.05) is 110 Å². The first-order valence-corrected chi connectivity index (χ1v) is 14.8. The lowest BCUT2D eigenvalue weighted by molar-refractivity contribution is 0.0687. The first-order valence-electron chi connectivity index (χ1n) is 13.8. The molecule has 0 bridgehead atoms. The zero-order chi connectivity index (χ0) is 29.5. The molecule has 212 valence electrons. The maximum absolute atomic E-state index is 11.7. The number of aromatic nitrogens is 3. The minimum Gasteiger partial charge on any atom is -0.478 e. The number of rotatable bonds is 12. The van der Waals surface area contributed by atoms with E-state index in [0.29, 0.717) is 23.4 Å². The van der Waals surface area contributed by atoms with Crippen LogP contribution in [0, 0.1) is 0 Å². The Morgan fingerprint density at radius 2 is 1.26 bits per heavy atom. The lowest BCUT2D eigenvalue weighted by Crippen LogP contribution is -2.04. The molecule has 0 unspecified atom stereocenters. The lowest BCUT2D eigenvalue weighted by atomic mass is 9.99. The Morgan fingerprint density at radius 3 is 1.79 bits per heavy atom. The molecule has 1 aromatic heterocycles. The average molecular weight is 578 g/mol. The number of thioether (sulfide) groups is 1. The maximum Gasteiger partial charge on any atom is 0.336 e. The molecule has 0 aliphatic carbocycles. The highest BCUT2D eigenvalue weighted by Crippen LogP contribution is 2.28. The monoisotopic (exact) mass is 577 g/mol. The molecule has 0 amide bonds. The summed E-state index contributed by atoms with van der Waals surface area (Å²) >= 11 is 1.62. The van der Waals surface area contributed by atoms with Crippen molar-refractivity contribution in [3.63, 3.8) is 0 Å². The number of hydrogen-bond donors (Lipinski definition) is 2. The van der Waals surface area contributed by atoms with Crippen molar-refractivity contribution in [1.29, 1.82) is 0 Å². The number of nitrogens with zero attached hydrogens (tertiary/aromatic N) is 3. The predicted molar refractivity (Wildman–Crippen MR) is 165 cm³/mol. The number of aromatic carboxylic acids is 2. The van der Waals surface area contributed by atoms with E-state index in [-0.39, 0.29) is 11.1 Å². The summed E-state index contributed by atoms with van der Waals surface area (Å²) < 4.78 is 1.94. The van der Waals surface area contributed by atoms with Crippen molar-refractivity contribution in [3.05, 3.63) is 125 Å². The molecule has 0 aliphatic heterocycles. The van der Waals surface area contributed by atoms with Crippen molar-refractivity contribution in [2.24, 2.45) is 0 Å². The highest BCUT2D eigenvalue weighted by Gasteiger charge is 2.14. The predicted octanol–water partition coefficient (Wildman–Crippen LogP) is 7.69. The van der Waals surface area contributed by atoms with Crippen molar-refractivity contribution in [2.75, 3.05) is 0 Å². The van der Waals surface area contributed by atoms with Crippen LogP contribution in [0.1, 0.15) is 57.4 Å². The van der Waals surface area contributed by atoms with E-state index in [2.05, 4.69) is 6.92 Å². The summed E-state index contributed by atoms with van der Waals surface area (Å²) in [6.45, 7) is 2.70. The van der Waals surface area contributed by atoms with Gasteiger partial charge in [0.1, 0.15) is 0 Å². The number of carboxylic acid groups (broad SMARTS) is 2. The molecule has 7 nitrogen and oxygen atoms in total. The van der Waals surface area contributed by atoms with Gasteiger partial charge >= 0.3 is 11.9 Å². The zero-order valence-corrected chi connectivity index (χ0v) is 24.1. The Labute approximate surface area is 248 Å². The van der Waals surface area contributed by atoms with Crippen LogP contribution in [0.4, 0.5) is 0 Å². The summed E-state index contributed by atoms with van der Waals surface area (Å²) in [5, 5.41) is 24.7. The highest BCUT2D eigenvalue weighted by molar-refractivity contribution is 7.98. The fourth-order valence-corrected chi connectivity index (χ4v) is 5.67. The molecule has 42 heavy (non-hydrogen) atoms. The number of benzene rings is 4. The Hall–Kier alpha value is -4.69. The van der Waals surface area contributed by atoms with Crippen LogP contribution in [-0.2, 0) is 18.7 Å². The van der Waals surface area contributed by atoms with Gasteiger partial charge in [0.05, 0.1) is 17.7 Å². The molecular weight excluding hydrogens is 546 g/mol. The van der Waals surface area contributed by atoms with Crippen LogP contribution >= 0.6 is 11.8 Å². The van der Waals surface area contributed by atoms with Crippen LogP contribution in [0.3, 0.4) is 0 Å². The van der Waals surface area contributed by atoms with E-state index < -0.39 is 11.9 Å². The zero-order valence-electron chi connectivity index (χ0n) is 23.2. The topological polar surface area (TPSA) is 105 Å². The highest BCUT2D eigenvalue weighted by atomic mass is 32.2. The molecule has 0 spiro atoms. The van der Waals surface area contributed by atoms with Gasteiger partial charge in [0.2, 0.25) is 0 Å². The van der Waals surface area contributed by atoms with Gasteiger partial charge in [-0.25, -0.2) is 19.3 Å². The number of carbonyl (C=O) groups is 2. The smallest absolute Gasteiger partial charge is 0.336 e. The molecule has 1 heterocycles. The molecule has 0 saturated heterocycles. The van der Waals surface area contributed by atoms with Gasteiger partial charge in [-0.3, -0.25) is 0 Å². The summed E-state index contributed by atoms with van der Waals surface area (Å²) in [6.07, 6.45) is 2.90. The summed E-state index contributed by atoms with van der Waals surface area (Å²) in [5.41, 5.74) is 5.80. The van der Waals surface area contributed by atoms with Crippen molar-refractivity contribution in [3.8, 4) is 22.3 Å². The fraction of sp³-hybridized carbons (Fsp3) is 0.176. The van der Waals surface area contributed by atoms with Gasteiger partial charge in [0.25, 0.3) is 0 Å². The Kier molecular flexibility index (Phi) is 9.14. The van der Waals surface area contributed by atoms with E-state index in [1.807, 2.05) is 77.5 Å². The Morgan fingerprint density at radius 1 is 0.738 bits per heavy atom. The summed E-state index contributed by atoms with van der Waals surface area (Å²) in [7, 11) is 0. The van der Waals surface area contributed by atoms with E-state index in [4.69, 9.17) is 10.1 Å². The summed E-state index contributed by atoms with van der Waals surface area (Å²) in [5.74, 6) is -0.369.